The highest BCUT2D eigenvalue weighted by molar-refractivity contribution is 5.76. The molecule has 2 N–H and O–H groups in total. The number of hydrogen-bond donors (Lipinski definition) is 1. The smallest absolute Gasteiger partial charge is 0.190 e. The molecule has 6 rings (SSSR count). The van der Waals surface area contributed by atoms with E-state index in [1.807, 2.05) is 12.1 Å². The van der Waals surface area contributed by atoms with E-state index in [0.717, 1.165) is 48.0 Å². The number of nitrogen functional groups attached to an aromatic ring is 1. The average molecular weight is 461 g/mol. The molecule has 2 aromatic heterocycles. The minimum Gasteiger partial charge on any atom is -0.383 e. The Morgan fingerprint density at radius 2 is 1.94 bits per heavy atom. The lowest BCUT2D eigenvalue weighted by atomic mass is 10.0. The second-order valence-electron chi connectivity index (χ2n) is 8.62. The predicted molar refractivity (Wildman–Crippen MR) is 121 cm³/mol. The molecule has 2 atom stereocenters. The van der Waals surface area contributed by atoms with Gasteiger partial charge in [0.15, 0.2) is 17.5 Å². The summed E-state index contributed by atoms with van der Waals surface area (Å²) in [6.45, 7) is 2.70. The van der Waals surface area contributed by atoms with E-state index in [9.17, 15) is 8.78 Å². The summed E-state index contributed by atoms with van der Waals surface area (Å²) in [4.78, 5) is 6.77. The van der Waals surface area contributed by atoms with Gasteiger partial charge in [-0.1, -0.05) is 30.3 Å². The van der Waals surface area contributed by atoms with Crippen molar-refractivity contribution in [2.45, 2.75) is 25.1 Å². The molecule has 34 heavy (non-hydrogen) atoms. The van der Waals surface area contributed by atoms with Crippen LogP contribution in [0.3, 0.4) is 0 Å². The second kappa shape index (κ2) is 8.23. The minimum absolute atomic E-state index is 0.116. The Balaban J connectivity index is 1.29. The van der Waals surface area contributed by atoms with Gasteiger partial charge in [0.05, 0.1) is 18.3 Å². The van der Waals surface area contributed by atoms with Crippen LogP contribution in [0, 0.1) is 11.6 Å². The van der Waals surface area contributed by atoms with Gasteiger partial charge in [0.2, 0.25) is 0 Å². The number of fused-ring (bicyclic) bond motifs is 2. The lowest BCUT2D eigenvalue weighted by molar-refractivity contribution is 0.0273. The first-order chi connectivity index (χ1) is 16.6. The number of aromatic nitrogens is 5. The number of halogens is 2. The summed E-state index contributed by atoms with van der Waals surface area (Å²) < 4.78 is 35.0. The van der Waals surface area contributed by atoms with Gasteiger partial charge in [-0.3, -0.25) is 4.90 Å². The summed E-state index contributed by atoms with van der Waals surface area (Å²) in [5.74, 6) is -1.70. The molecular formula is C24H21F2N7O. The van der Waals surface area contributed by atoms with Crippen molar-refractivity contribution in [3.05, 3.63) is 71.9 Å². The molecule has 8 nitrogen and oxygen atoms in total. The fourth-order valence-electron chi connectivity index (χ4n) is 4.70. The van der Waals surface area contributed by atoms with Gasteiger partial charge in [-0.05, 0) is 46.2 Å². The number of benzene rings is 2. The Kier molecular flexibility index (Phi) is 5.04. The molecule has 2 aromatic carbocycles. The van der Waals surface area contributed by atoms with Gasteiger partial charge in [-0.25, -0.2) is 13.8 Å². The second-order valence-corrected chi connectivity index (χ2v) is 8.62. The number of rotatable bonds is 5. The summed E-state index contributed by atoms with van der Waals surface area (Å²) in [7, 11) is 0. The lowest BCUT2D eigenvalue weighted by Crippen LogP contribution is -2.36. The van der Waals surface area contributed by atoms with E-state index in [1.54, 1.807) is 12.3 Å². The molecular weight excluding hydrogens is 440 g/mol. The molecule has 0 radical (unpaired) electrons. The topological polar surface area (TPSA) is 95.0 Å². The zero-order valence-electron chi connectivity index (χ0n) is 18.1. The lowest BCUT2D eigenvalue weighted by Gasteiger charge is -2.26. The van der Waals surface area contributed by atoms with Crippen LogP contribution in [0.1, 0.15) is 12.0 Å². The maximum absolute atomic E-state index is 14.4. The molecule has 0 amide bonds. The van der Waals surface area contributed by atoms with Gasteiger partial charge in [0.25, 0.3) is 0 Å². The van der Waals surface area contributed by atoms with E-state index in [-0.39, 0.29) is 17.3 Å². The van der Waals surface area contributed by atoms with Crippen LogP contribution < -0.4 is 5.73 Å². The summed E-state index contributed by atoms with van der Waals surface area (Å²) in [5.41, 5.74) is 9.40. The van der Waals surface area contributed by atoms with E-state index in [1.165, 1.54) is 17.7 Å². The highest BCUT2D eigenvalue weighted by Crippen LogP contribution is 2.32. The van der Waals surface area contributed by atoms with Gasteiger partial charge in [-0.15, -0.1) is 5.10 Å². The van der Waals surface area contributed by atoms with Crippen LogP contribution in [0.25, 0.3) is 28.2 Å². The van der Waals surface area contributed by atoms with Crippen LogP contribution in [-0.2, 0) is 11.3 Å². The Morgan fingerprint density at radius 3 is 2.71 bits per heavy atom. The van der Waals surface area contributed by atoms with E-state index < -0.39 is 11.6 Å². The standard InChI is InChI=1S/C24H21F2N7O/c25-20-2-1-3-21(22(20)26)33-24(29-30-31-33)19-8-16(10-28-23(19)27)15-6-4-14(5-7-15)11-32-12-18-9-17(32)13-34-18/h1-8,10,17-18H,9,11-13H2,(H2,27,28). The Labute approximate surface area is 194 Å². The van der Waals surface area contributed by atoms with E-state index in [0.29, 0.717) is 17.7 Å². The van der Waals surface area contributed by atoms with Crippen molar-refractivity contribution in [2.24, 2.45) is 0 Å². The molecule has 0 spiro atoms. The highest BCUT2D eigenvalue weighted by Gasteiger charge is 2.38. The molecule has 0 saturated carbocycles. The monoisotopic (exact) mass is 461 g/mol. The van der Waals surface area contributed by atoms with E-state index in [4.69, 9.17) is 10.5 Å². The first-order valence-electron chi connectivity index (χ1n) is 11.0. The number of ether oxygens (including phenoxy) is 1. The van der Waals surface area contributed by atoms with Crippen LogP contribution in [0.4, 0.5) is 14.6 Å². The number of likely N-dealkylation sites (tertiary alicyclic amines) is 1. The van der Waals surface area contributed by atoms with Crippen molar-refractivity contribution in [3.63, 3.8) is 0 Å². The zero-order chi connectivity index (χ0) is 23.2. The predicted octanol–water partition coefficient (Wildman–Crippen LogP) is 3.22. The van der Waals surface area contributed by atoms with E-state index in [2.05, 4.69) is 37.5 Å². The zero-order valence-corrected chi connectivity index (χ0v) is 18.1. The van der Waals surface area contributed by atoms with Crippen molar-refractivity contribution in [1.29, 1.82) is 0 Å². The molecule has 2 aliphatic heterocycles. The fraction of sp³-hybridized carbons (Fsp3) is 0.250. The van der Waals surface area contributed by atoms with Crippen LogP contribution >= 0.6 is 0 Å². The summed E-state index contributed by atoms with van der Waals surface area (Å²) in [6.07, 6.45) is 3.17. The molecule has 10 heteroatoms. The molecule has 0 aliphatic carbocycles. The number of anilines is 1. The van der Waals surface area contributed by atoms with Crippen LogP contribution in [-0.4, -0.2) is 55.4 Å². The van der Waals surface area contributed by atoms with E-state index >= 15 is 0 Å². The summed E-state index contributed by atoms with van der Waals surface area (Å²) in [5, 5.41) is 11.5. The number of nitrogens with two attached hydrogens (primary N) is 1. The molecule has 172 valence electrons. The maximum Gasteiger partial charge on any atom is 0.190 e. The Bertz CT molecular complexity index is 1360. The molecule has 2 aliphatic rings. The SMILES string of the molecule is Nc1ncc(-c2ccc(CN3CC4CC3CO4)cc2)cc1-c1nnnn1-c1cccc(F)c1F. The first kappa shape index (κ1) is 20.8. The minimum atomic E-state index is -1.05. The molecule has 2 fully saturated rings. The van der Waals surface area contributed by atoms with Crippen LogP contribution in [0.5, 0.6) is 0 Å². The van der Waals surface area contributed by atoms with Crippen molar-refractivity contribution >= 4 is 5.82 Å². The van der Waals surface area contributed by atoms with Crippen molar-refractivity contribution < 1.29 is 13.5 Å². The van der Waals surface area contributed by atoms with Gasteiger partial charge < -0.3 is 10.5 Å². The number of pyridine rings is 1. The van der Waals surface area contributed by atoms with Crippen molar-refractivity contribution in [2.75, 3.05) is 18.9 Å². The third kappa shape index (κ3) is 3.61. The number of tetrazole rings is 1. The third-order valence-corrected chi connectivity index (χ3v) is 6.48. The number of nitrogens with zero attached hydrogens (tertiary/aromatic N) is 6. The average Bonchev–Trinajstić information content (AvgIpc) is 3.59. The largest absolute Gasteiger partial charge is 0.383 e. The fourth-order valence-corrected chi connectivity index (χ4v) is 4.70. The van der Waals surface area contributed by atoms with Gasteiger partial charge in [0.1, 0.15) is 11.5 Å². The quantitative estimate of drug-likeness (QED) is 0.488. The van der Waals surface area contributed by atoms with Crippen LogP contribution in [0.2, 0.25) is 0 Å². The third-order valence-electron chi connectivity index (χ3n) is 6.48. The molecule has 4 heterocycles. The normalized spacial score (nSPS) is 19.7. The highest BCUT2D eigenvalue weighted by atomic mass is 19.2. The number of morpholine rings is 1. The summed E-state index contributed by atoms with van der Waals surface area (Å²) in [6, 6.07) is 14.4. The molecule has 2 bridgehead atoms. The maximum atomic E-state index is 14.4. The molecule has 2 saturated heterocycles. The Hall–Kier alpha value is -3.76. The molecule has 4 aromatic rings. The Morgan fingerprint density at radius 1 is 1.09 bits per heavy atom. The van der Waals surface area contributed by atoms with Crippen LogP contribution in [0.15, 0.2) is 54.7 Å². The van der Waals surface area contributed by atoms with Crippen molar-refractivity contribution in [1.82, 2.24) is 30.1 Å². The van der Waals surface area contributed by atoms with Crippen molar-refractivity contribution in [3.8, 4) is 28.2 Å². The van der Waals surface area contributed by atoms with Gasteiger partial charge in [-0.2, -0.15) is 4.68 Å². The first-order valence-corrected chi connectivity index (χ1v) is 11.0. The summed E-state index contributed by atoms with van der Waals surface area (Å²) >= 11 is 0. The number of hydrogen-bond acceptors (Lipinski definition) is 7. The van der Waals surface area contributed by atoms with Gasteiger partial charge in [0, 0.05) is 30.9 Å². The molecule has 2 unspecified atom stereocenters. The van der Waals surface area contributed by atoms with Gasteiger partial charge >= 0.3 is 0 Å².